The molecular formula is C20H19N3O5S. The van der Waals surface area contributed by atoms with E-state index in [4.69, 9.17) is 23.0 Å². The zero-order chi connectivity index (χ0) is 20.4. The van der Waals surface area contributed by atoms with Crippen molar-refractivity contribution < 1.29 is 23.0 Å². The van der Waals surface area contributed by atoms with Crippen molar-refractivity contribution in [2.45, 2.75) is 17.9 Å². The number of nitrogens with zero attached hydrogens (tertiary/aromatic N) is 3. The van der Waals surface area contributed by atoms with Crippen LogP contribution < -0.4 is 14.2 Å². The molecule has 0 aliphatic carbocycles. The zero-order valence-electron chi connectivity index (χ0n) is 16.4. The molecule has 0 amide bonds. The summed E-state index contributed by atoms with van der Waals surface area (Å²) in [4.78, 5) is 13.2. The van der Waals surface area contributed by atoms with Crippen molar-refractivity contribution in [1.29, 1.82) is 0 Å². The van der Waals surface area contributed by atoms with E-state index in [1.54, 1.807) is 39.7 Å². The fourth-order valence-corrected chi connectivity index (χ4v) is 3.66. The number of methoxy groups -OCH3 is 3. The molecule has 0 saturated carbocycles. The third-order valence-electron chi connectivity index (χ3n) is 4.28. The number of benzene rings is 1. The summed E-state index contributed by atoms with van der Waals surface area (Å²) < 4.78 is 27.7. The molecule has 0 saturated heterocycles. The van der Waals surface area contributed by atoms with Crippen LogP contribution in [0.1, 0.15) is 11.5 Å². The molecular weight excluding hydrogens is 394 g/mol. The number of aromatic nitrogens is 3. The van der Waals surface area contributed by atoms with Gasteiger partial charge in [-0.25, -0.2) is 9.97 Å². The van der Waals surface area contributed by atoms with Gasteiger partial charge in [-0.3, -0.25) is 0 Å². The van der Waals surface area contributed by atoms with Crippen LogP contribution in [0.25, 0.3) is 22.7 Å². The second-order valence-corrected chi connectivity index (χ2v) is 6.96. The standard InChI is InChI=1S/C20H19N3O5S/c1-11-13(10-29-20-23-18-14(28-20)6-5-7-21-18)22-19(27-11)12-8-15(24-2)17(26-4)16(9-12)25-3/h5-9H,10H2,1-4H3. The van der Waals surface area contributed by atoms with Crippen molar-refractivity contribution in [3.05, 3.63) is 41.9 Å². The molecule has 3 heterocycles. The fraction of sp³-hybridized carbons (Fsp3) is 0.250. The molecule has 9 heteroatoms. The minimum atomic E-state index is 0.469. The first kappa shape index (κ1) is 19.1. The smallest absolute Gasteiger partial charge is 0.258 e. The second-order valence-electron chi connectivity index (χ2n) is 6.03. The average Bonchev–Trinajstić information content (AvgIpc) is 3.33. The Kier molecular flexibility index (Phi) is 5.30. The van der Waals surface area contributed by atoms with Gasteiger partial charge in [0.1, 0.15) is 5.76 Å². The maximum Gasteiger partial charge on any atom is 0.258 e. The molecule has 0 radical (unpaired) electrons. The van der Waals surface area contributed by atoms with Crippen LogP contribution in [0.4, 0.5) is 0 Å². The topological polar surface area (TPSA) is 92.6 Å². The maximum absolute atomic E-state index is 5.88. The van der Waals surface area contributed by atoms with Gasteiger partial charge in [0.2, 0.25) is 11.6 Å². The van der Waals surface area contributed by atoms with Gasteiger partial charge in [0.05, 0.1) is 27.0 Å². The van der Waals surface area contributed by atoms with Gasteiger partial charge in [0.25, 0.3) is 5.22 Å². The zero-order valence-corrected chi connectivity index (χ0v) is 17.2. The predicted octanol–water partition coefficient (Wildman–Crippen LogP) is 4.50. The SMILES string of the molecule is COc1cc(-c2nc(CSc3nc4ncccc4o3)c(C)o2)cc(OC)c1OC. The monoisotopic (exact) mass is 413 g/mol. The van der Waals surface area contributed by atoms with Gasteiger partial charge in [-0.05, 0) is 31.2 Å². The van der Waals surface area contributed by atoms with E-state index >= 15 is 0 Å². The van der Waals surface area contributed by atoms with E-state index in [1.165, 1.54) is 11.8 Å². The Morgan fingerprint density at radius 2 is 1.76 bits per heavy atom. The van der Waals surface area contributed by atoms with Gasteiger partial charge in [0.15, 0.2) is 22.7 Å². The Hall–Kier alpha value is -3.20. The summed E-state index contributed by atoms with van der Waals surface area (Å²) in [5.74, 6) is 3.32. The summed E-state index contributed by atoms with van der Waals surface area (Å²) in [6.07, 6.45) is 1.69. The van der Waals surface area contributed by atoms with E-state index < -0.39 is 0 Å². The Bertz CT molecular complexity index is 1100. The van der Waals surface area contributed by atoms with E-state index in [-0.39, 0.29) is 0 Å². The number of aryl methyl sites for hydroxylation is 1. The largest absolute Gasteiger partial charge is 0.493 e. The van der Waals surface area contributed by atoms with Crippen molar-refractivity contribution >= 4 is 23.0 Å². The quantitative estimate of drug-likeness (QED) is 0.406. The van der Waals surface area contributed by atoms with Gasteiger partial charge in [0, 0.05) is 17.5 Å². The number of oxazole rings is 2. The van der Waals surface area contributed by atoms with E-state index in [0.717, 1.165) is 17.0 Å². The molecule has 29 heavy (non-hydrogen) atoms. The van der Waals surface area contributed by atoms with Gasteiger partial charge in [-0.15, -0.1) is 0 Å². The second kappa shape index (κ2) is 8.04. The van der Waals surface area contributed by atoms with Gasteiger partial charge in [-0.1, -0.05) is 11.8 Å². The minimum absolute atomic E-state index is 0.469. The lowest BCUT2D eigenvalue weighted by Crippen LogP contribution is -1.95. The maximum atomic E-state index is 5.88. The Labute approximate surface area is 171 Å². The molecule has 0 N–H and O–H groups in total. The van der Waals surface area contributed by atoms with Crippen molar-refractivity contribution in [2.24, 2.45) is 0 Å². The van der Waals surface area contributed by atoms with Crippen molar-refractivity contribution in [3.63, 3.8) is 0 Å². The van der Waals surface area contributed by atoms with Crippen LogP contribution in [0.15, 0.2) is 44.5 Å². The third-order valence-corrected chi connectivity index (χ3v) is 5.12. The Balaban J connectivity index is 1.59. The van der Waals surface area contributed by atoms with E-state index in [1.807, 2.05) is 19.1 Å². The molecule has 0 atom stereocenters. The summed E-state index contributed by atoms with van der Waals surface area (Å²) in [6.45, 7) is 1.87. The summed E-state index contributed by atoms with van der Waals surface area (Å²) in [6, 6.07) is 7.25. The number of ether oxygens (including phenoxy) is 3. The number of hydrogen-bond acceptors (Lipinski definition) is 9. The summed E-state index contributed by atoms with van der Waals surface area (Å²) in [7, 11) is 4.70. The highest BCUT2D eigenvalue weighted by atomic mass is 32.2. The highest BCUT2D eigenvalue weighted by Crippen LogP contribution is 2.41. The number of hydrogen-bond donors (Lipinski definition) is 0. The number of pyridine rings is 1. The van der Waals surface area contributed by atoms with Crippen LogP contribution in [0.3, 0.4) is 0 Å². The lowest BCUT2D eigenvalue weighted by atomic mass is 10.2. The molecule has 8 nitrogen and oxygen atoms in total. The number of thioether (sulfide) groups is 1. The third kappa shape index (κ3) is 3.73. The van der Waals surface area contributed by atoms with Crippen LogP contribution in [0.2, 0.25) is 0 Å². The molecule has 4 rings (SSSR count). The van der Waals surface area contributed by atoms with Gasteiger partial charge in [-0.2, -0.15) is 4.98 Å². The van der Waals surface area contributed by atoms with Crippen LogP contribution in [-0.2, 0) is 5.75 Å². The summed E-state index contributed by atoms with van der Waals surface area (Å²) in [5.41, 5.74) is 2.77. The van der Waals surface area contributed by atoms with Crippen LogP contribution in [0.5, 0.6) is 17.2 Å². The van der Waals surface area contributed by atoms with E-state index in [0.29, 0.717) is 45.3 Å². The van der Waals surface area contributed by atoms with Crippen molar-refractivity contribution in [1.82, 2.24) is 15.0 Å². The molecule has 1 aromatic carbocycles. The molecule has 0 fully saturated rings. The molecule has 0 spiro atoms. The summed E-state index contributed by atoms with van der Waals surface area (Å²) in [5, 5.41) is 0.537. The predicted molar refractivity (Wildman–Crippen MR) is 108 cm³/mol. The number of rotatable bonds is 7. The first-order valence-corrected chi connectivity index (χ1v) is 9.72. The van der Waals surface area contributed by atoms with Crippen LogP contribution in [-0.4, -0.2) is 36.3 Å². The van der Waals surface area contributed by atoms with Gasteiger partial charge < -0.3 is 23.0 Å². The molecule has 4 aromatic rings. The number of fused-ring (bicyclic) bond motifs is 1. The Morgan fingerprint density at radius 1 is 1.00 bits per heavy atom. The lowest BCUT2D eigenvalue weighted by molar-refractivity contribution is 0.324. The van der Waals surface area contributed by atoms with Crippen molar-refractivity contribution in [2.75, 3.05) is 21.3 Å². The van der Waals surface area contributed by atoms with Crippen molar-refractivity contribution in [3.8, 4) is 28.7 Å². The average molecular weight is 413 g/mol. The normalized spacial score (nSPS) is 11.0. The Morgan fingerprint density at radius 3 is 2.41 bits per heavy atom. The molecule has 150 valence electrons. The van der Waals surface area contributed by atoms with Gasteiger partial charge >= 0.3 is 0 Å². The fourth-order valence-electron chi connectivity index (χ4n) is 2.83. The molecule has 0 unspecified atom stereocenters. The van der Waals surface area contributed by atoms with Crippen LogP contribution >= 0.6 is 11.8 Å². The molecule has 0 aliphatic rings. The van der Waals surface area contributed by atoms with Crippen LogP contribution in [0, 0.1) is 6.92 Å². The van der Waals surface area contributed by atoms with E-state index in [2.05, 4.69) is 15.0 Å². The lowest BCUT2D eigenvalue weighted by Gasteiger charge is -2.12. The first-order valence-electron chi connectivity index (χ1n) is 8.74. The highest BCUT2D eigenvalue weighted by Gasteiger charge is 2.19. The highest BCUT2D eigenvalue weighted by molar-refractivity contribution is 7.98. The molecule has 0 aliphatic heterocycles. The molecule has 0 bridgehead atoms. The molecule has 3 aromatic heterocycles. The minimum Gasteiger partial charge on any atom is -0.493 e. The first-order chi connectivity index (χ1) is 14.1. The summed E-state index contributed by atoms with van der Waals surface area (Å²) >= 11 is 1.43. The van der Waals surface area contributed by atoms with E-state index in [9.17, 15) is 0 Å².